The van der Waals surface area contributed by atoms with E-state index >= 15 is 0 Å². The summed E-state index contributed by atoms with van der Waals surface area (Å²) in [5.41, 5.74) is 2.01. The first-order chi connectivity index (χ1) is 8.69. The van der Waals surface area contributed by atoms with Crippen molar-refractivity contribution in [3.8, 4) is 5.88 Å². The van der Waals surface area contributed by atoms with Crippen LogP contribution in [0.1, 0.15) is 11.1 Å². The van der Waals surface area contributed by atoms with Crippen LogP contribution in [-0.4, -0.2) is 17.0 Å². The molecular weight excluding hydrogens is 294 g/mol. The van der Waals surface area contributed by atoms with Crippen LogP contribution in [0.3, 0.4) is 0 Å². The number of anilines is 1. The van der Waals surface area contributed by atoms with Crippen LogP contribution in [0.2, 0.25) is 0 Å². The molecule has 0 aliphatic carbocycles. The van der Waals surface area contributed by atoms with Gasteiger partial charge in [0.05, 0.1) is 0 Å². The molecule has 2 rings (SSSR count). The summed E-state index contributed by atoms with van der Waals surface area (Å²) < 4.78 is 6.75. The average Bonchev–Trinajstić information content (AvgIpc) is 2.38. The van der Waals surface area contributed by atoms with Gasteiger partial charge in [0.25, 0.3) is 0 Å². The molecule has 0 fully saturated rings. The predicted molar refractivity (Wildman–Crippen MR) is 74.8 cm³/mol. The Morgan fingerprint density at radius 1 is 1.39 bits per heavy atom. The summed E-state index contributed by atoms with van der Waals surface area (Å²) in [7, 11) is 1.78. The van der Waals surface area contributed by atoms with E-state index in [1.807, 2.05) is 31.2 Å². The molecule has 4 nitrogen and oxygen atoms in total. The number of hydrogen-bond acceptors (Lipinski definition) is 4. The second-order valence-corrected chi connectivity index (χ2v) is 4.77. The molecule has 1 aromatic carbocycles. The third kappa shape index (κ3) is 3.20. The monoisotopic (exact) mass is 307 g/mol. The van der Waals surface area contributed by atoms with E-state index in [1.165, 1.54) is 0 Å². The molecule has 0 aliphatic heterocycles. The maximum absolute atomic E-state index is 5.71. The van der Waals surface area contributed by atoms with E-state index < -0.39 is 0 Å². The zero-order valence-corrected chi connectivity index (χ0v) is 11.9. The highest BCUT2D eigenvalue weighted by Gasteiger charge is 2.04. The van der Waals surface area contributed by atoms with Crippen LogP contribution in [0, 0.1) is 6.92 Å². The van der Waals surface area contributed by atoms with E-state index in [2.05, 4.69) is 31.2 Å². The first-order valence-corrected chi connectivity index (χ1v) is 6.37. The van der Waals surface area contributed by atoms with Crippen LogP contribution in [0.4, 0.5) is 5.95 Å². The summed E-state index contributed by atoms with van der Waals surface area (Å²) in [6, 6.07) is 8.00. The third-order valence-corrected chi connectivity index (χ3v) is 2.91. The number of aryl methyl sites for hydroxylation is 1. The Hall–Kier alpha value is -1.62. The van der Waals surface area contributed by atoms with Crippen LogP contribution in [-0.2, 0) is 6.61 Å². The predicted octanol–water partition coefficient (Wildman–Crippen LogP) is 3.17. The average molecular weight is 308 g/mol. The van der Waals surface area contributed by atoms with E-state index in [4.69, 9.17) is 4.74 Å². The Morgan fingerprint density at radius 3 is 2.94 bits per heavy atom. The van der Waals surface area contributed by atoms with Crippen LogP contribution >= 0.6 is 15.9 Å². The van der Waals surface area contributed by atoms with Crippen molar-refractivity contribution in [1.82, 2.24) is 9.97 Å². The molecule has 0 unspecified atom stereocenters. The van der Waals surface area contributed by atoms with E-state index in [0.29, 0.717) is 18.4 Å². The molecule has 0 spiro atoms. The number of ether oxygens (including phenoxy) is 1. The van der Waals surface area contributed by atoms with Crippen LogP contribution in [0.15, 0.2) is 34.9 Å². The van der Waals surface area contributed by atoms with Crippen molar-refractivity contribution in [2.75, 3.05) is 12.4 Å². The highest BCUT2D eigenvalue weighted by molar-refractivity contribution is 9.10. The molecule has 1 heterocycles. The Bertz CT molecular complexity index is 546. The molecule has 2 aromatic rings. The Labute approximate surface area is 115 Å². The molecule has 1 N–H and O–H groups in total. The molecule has 0 amide bonds. The van der Waals surface area contributed by atoms with Gasteiger partial charge >= 0.3 is 0 Å². The fourth-order valence-electron chi connectivity index (χ4n) is 1.47. The molecule has 0 aliphatic rings. The number of nitrogens with zero attached hydrogens (tertiary/aromatic N) is 2. The third-order valence-electron chi connectivity index (χ3n) is 2.41. The minimum Gasteiger partial charge on any atom is -0.472 e. The highest BCUT2D eigenvalue weighted by Crippen LogP contribution is 2.18. The number of nitrogens with one attached hydrogen (secondary N) is 1. The van der Waals surface area contributed by atoms with Crippen LogP contribution in [0.5, 0.6) is 5.88 Å². The number of aromatic nitrogens is 2. The van der Waals surface area contributed by atoms with Crippen molar-refractivity contribution >= 4 is 21.9 Å². The summed E-state index contributed by atoms with van der Waals surface area (Å²) in [4.78, 5) is 8.39. The molecule has 0 saturated carbocycles. The lowest BCUT2D eigenvalue weighted by molar-refractivity contribution is 0.291. The fourth-order valence-corrected chi connectivity index (χ4v) is 1.92. The van der Waals surface area contributed by atoms with E-state index in [0.717, 1.165) is 15.6 Å². The van der Waals surface area contributed by atoms with Gasteiger partial charge in [-0.2, -0.15) is 4.98 Å². The molecule has 0 bridgehead atoms. The zero-order chi connectivity index (χ0) is 13.0. The van der Waals surface area contributed by atoms with Crippen LogP contribution in [0.25, 0.3) is 0 Å². The molecule has 18 heavy (non-hydrogen) atoms. The summed E-state index contributed by atoms with van der Waals surface area (Å²) in [6.07, 6.45) is 1.75. The lowest BCUT2D eigenvalue weighted by Gasteiger charge is -2.09. The van der Waals surface area contributed by atoms with Gasteiger partial charge < -0.3 is 10.1 Å². The topological polar surface area (TPSA) is 47.0 Å². The summed E-state index contributed by atoms with van der Waals surface area (Å²) in [5, 5.41) is 2.89. The minimum atomic E-state index is 0.487. The second-order valence-electron chi connectivity index (χ2n) is 3.85. The summed E-state index contributed by atoms with van der Waals surface area (Å²) in [6.45, 7) is 2.41. The first-order valence-electron chi connectivity index (χ1n) is 5.57. The SMILES string of the molecule is CNc1ncc(C)c(OCc2cccc(Br)c2)n1. The molecule has 0 saturated heterocycles. The number of benzene rings is 1. The molecular formula is C13H14BrN3O. The van der Waals surface area contributed by atoms with E-state index in [9.17, 15) is 0 Å². The van der Waals surface area contributed by atoms with Crippen molar-refractivity contribution in [2.45, 2.75) is 13.5 Å². The van der Waals surface area contributed by atoms with Gasteiger partial charge in [-0.25, -0.2) is 4.98 Å². The Balaban J connectivity index is 2.10. The molecule has 0 radical (unpaired) electrons. The lowest BCUT2D eigenvalue weighted by Crippen LogP contribution is -2.03. The van der Waals surface area contributed by atoms with Crippen molar-refractivity contribution in [2.24, 2.45) is 0 Å². The van der Waals surface area contributed by atoms with Gasteiger partial charge in [-0.05, 0) is 24.6 Å². The summed E-state index contributed by atoms with van der Waals surface area (Å²) in [5.74, 6) is 1.17. The first kappa shape index (κ1) is 12.8. The Kier molecular flexibility index (Phi) is 4.15. The molecule has 5 heteroatoms. The van der Waals surface area contributed by atoms with Gasteiger partial charge in [-0.1, -0.05) is 28.1 Å². The zero-order valence-electron chi connectivity index (χ0n) is 10.3. The number of hydrogen-bond donors (Lipinski definition) is 1. The normalized spacial score (nSPS) is 10.2. The number of rotatable bonds is 4. The van der Waals surface area contributed by atoms with Gasteiger partial charge in [-0.15, -0.1) is 0 Å². The van der Waals surface area contributed by atoms with Gasteiger partial charge in [-0.3, -0.25) is 0 Å². The van der Waals surface area contributed by atoms with Crippen molar-refractivity contribution in [3.63, 3.8) is 0 Å². The fraction of sp³-hybridized carbons (Fsp3) is 0.231. The van der Waals surface area contributed by atoms with Crippen molar-refractivity contribution in [3.05, 3.63) is 46.1 Å². The maximum Gasteiger partial charge on any atom is 0.225 e. The number of halogens is 1. The maximum atomic E-state index is 5.71. The Morgan fingerprint density at radius 2 is 2.22 bits per heavy atom. The van der Waals surface area contributed by atoms with Gasteiger partial charge in [0, 0.05) is 23.3 Å². The summed E-state index contributed by atoms with van der Waals surface area (Å²) >= 11 is 3.43. The van der Waals surface area contributed by atoms with Crippen molar-refractivity contribution in [1.29, 1.82) is 0 Å². The van der Waals surface area contributed by atoms with E-state index in [-0.39, 0.29) is 0 Å². The van der Waals surface area contributed by atoms with Gasteiger partial charge in [0.15, 0.2) is 0 Å². The standard InChI is InChI=1S/C13H14BrN3O/c1-9-7-16-13(15-2)17-12(9)18-8-10-4-3-5-11(14)6-10/h3-7H,8H2,1-2H3,(H,15,16,17). The molecule has 94 valence electrons. The molecule has 0 atom stereocenters. The molecule has 1 aromatic heterocycles. The largest absolute Gasteiger partial charge is 0.472 e. The van der Waals surface area contributed by atoms with Gasteiger partial charge in [0.1, 0.15) is 6.61 Å². The quantitative estimate of drug-likeness (QED) is 0.942. The van der Waals surface area contributed by atoms with Gasteiger partial charge in [0.2, 0.25) is 11.8 Å². The lowest BCUT2D eigenvalue weighted by atomic mass is 10.2. The van der Waals surface area contributed by atoms with E-state index in [1.54, 1.807) is 13.2 Å². The van der Waals surface area contributed by atoms with Crippen LogP contribution < -0.4 is 10.1 Å². The minimum absolute atomic E-state index is 0.487. The second kappa shape index (κ2) is 5.82. The highest BCUT2D eigenvalue weighted by atomic mass is 79.9. The van der Waals surface area contributed by atoms with Crippen molar-refractivity contribution < 1.29 is 4.74 Å². The smallest absolute Gasteiger partial charge is 0.225 e.